The monoisotopic (exact) mass is 336 g/mol. The Labute approximate surface area is 139 Å². The van der Waals surface area contributed by atoms with Gasteiger partial charge < -0.3 is 14.9 Å². The minimum Gasteiger partial charge on any atom is -0.481 e. The molecule has 0 bridgehead atoms. The zero-order valence-corrected chi connectivity index (χ0v) is 13.8. The van der Waals surface area contributed by atoms with Crippen LogP contribution in [0.25, 0.3) is 0 Å². The number of aliphatic carboxylic acids is 1. The van der Waals surface area contributed by atoms with Gasteiger partial charge in [-0.3, -0.25) is 14.4 Å². The Hall–Kier alpha value is -2.44. The van der Waals surface area contributed by atoms with Crippen molar-refractivity contribution in [2.45, 2.75) is 19.8 Å². The van der Waals surface area contributed by atoms with Crippen LogP contribution >= 0.6 is 0 Å². The molecule has 1 heterocycles. The van der Waals surface area contributed by atoms with Gasteiger partial charge in [0.1, 0.15) is 5.82 Å². The molecule has 24 heavy (non-hydrogen) atoms. The molecule has 6 nitrogen and oxygen atoms in total. The van der Waals surface area contributed by atoms with E-state index in [1.807, 2.05) is 0 Å². The van der Waals surface area contributed by atoms with Gasteiger partial charge in [0.05, 0.1) is 18.0 Å². The number of hydrogen-bond donors (Lipinski definition) is 1. The molecule has 2 amide bonds. The van der Waals surface area contributed by atoms with Gasteiger partial charge in [0.15, 0.2) is 0 Å². The SMILES string of the molecule is Cc1ccc(F)c(C(=O)N(C)CC(=O)N2CCC(C(=O)O)CC2)c1. The summed E-state index contributed by atoms with van der Waals surface area (Å²) in [5.74, 6) is -2.70. The van der Waals surface area contributed by atoms with Gasteiger partial charge in [-0.25, -0.2) is 4.39 Å². The van der Waals surface area contributed by atoms with Crippen LogP contribution < -0.4 is 0 Å². The highest BCUT2D eigenvalue weighted by atomic mass is 19.1. The molecule has 1 aromatic rings. The molecule has 1 saturated heterocycles. The summed E-state index contributed by atoms with van der Waals surface area (Å²) in [4.78, 5) is 38.2. The number of carbonyl (C=O) groups excluding carboxylic acids is 2. The van der Waals surface area contributed by atoms with Crippen molar-refractivity contribution in [3.63, 3.8) is 0 Å². The average Bonchev–Trinajstić information content (AvgIpc) is 2.56. The van der Waals surface area contributed by atoms with E-state index in [1.54, 1.807) is 17.9 Å². The van der Waals surface area contributed by atoms with Crippen LogP contribution in [0, 0.1) is 18.7 Å². The van der Waals surface area contributed by atoms with Gasteiger partial charge in [0, 0.05) is 20.1 Å². The summed E-state index contributed by atoms with van der Waals surface area (Å²) in [7, 11) is 1.45. The number of piperidine rings is 1. The maximum atomic E-state index is 13.8. The molecule has 0 saturated carbocycles. The van der Waals surface area contributed by atoms with Crippen LogP contribution in [-0.4, -0.2) is 59.4 Å². The van der Waals surface area contributed by atoms with E-state index in [1.165, 1.54) is 24.1 Å². The molecule has 0 aliphatic carbocycles. The quantitative estimate of drug-likeness (QED) is 0.904. The Kier molecular flexibility index (Phi) is 5.54. The van der Waals surface area contributed by atoms with Crippen molar-refractivity contribution in [2.24, 2.45) is 5.92 Å². The number of hydrogen-bond acceptors (Lipinski definition) is 3. The maximum absolute atomic E-state index is 13.8. The Balaban J connectivity index is 1.95. The largest absolute Gasteiger partial charge is 0.481 e. The van der Waals surface area contributed by atoms with Crippen LogP contribution in [0.3, 0.4) is 0 Å². The number of carbonyl (C=O) groups is 3. The number of amides is 2. The molecule has 0 unspecified atom stereocenters. The van der Waals surface area contributed by atoms with Crippen LogP contribution in [0.4, 0.5) is 4.39 Å². The summed E-state index contributed by atoms with van der Waals surface area (Å²) < 4.78 is 13.8. The summed E-state index contributed by atoms with van der Waals surface area (Å²) in [6.45, 7) is 2.31. The van der Waals surface area contributed by atoms with Crippen LogP contribution in [0.2, 0.25) is 0 Å². The van der Waals surface area contributed by atoms with Crippen molar-refractivity contribution in [3.8, 4) is 0 Å². The first kappa shape index (κ1) is 17.9. The van der Waals surface area contributed by atoms with E-state index in [-0.39, 0.29) is 18.0 Å². The van der Waals surface area contributed by atoms with E-state index in [0.717, 1.165) is 5.56 Å². The summed E-state index contributed by atoms with van der Waals surface area (Å²) in [5, 5.41) is 8.96. The topological polar surface area (TPSA) is 77.9 Å². The lowest BCUT2D eigenvalue weighted by Crippen LogP contribution is -2.45. The number of carboxylic acid groups (broad SMARTS) is 1. The first-order valence-electron chi connectivity index (χ1n) is 7.81. The standard InChI is InChI=1S/C17H21FN2O4/c1-11-3-4-14(18)13(9-11)16(22)19(2)10-15(21)20-7-5-12(6-8-20)17(23)24/h3-4,9,12H,5-8,10H2,1-2H3,(H,23,24). The van der Waals surface area contributed by atoms with Crippen LogP contribution in [0.15, 0.2) is 18.2 Å². The second kappa shape index (κ2) is 7.42. The normalized spacial score (nSPS) is 15.2. The van der Waals surface area contributed by atoms with Crippen molar-refractivity contribution in [1.29, 1.82) is 0 Å². The summed E-state index contributed by atoms with van der Waals surface area (Å²) in [6.07, 6.45) is 0.816. The molecule has 7 heteroatoms. The number of nitrogens with zero attached hydrogens (tertiary/aromatic N) is 2. The van der Waals surface area contributed by atoms with Gasteiger partial charge in [-0.05, 0) is 31.9 Å². The van der Waals surface area contributed by atoms with Gasteiger partial charge >= 0.3 is 5.97 Å². The molecule has 1 aliphatic heterocycles. The minimum atomic E-state index is -0.843. The zero-order valence-electron chi connectivity index (χ0n) is 13.8. The third-order valence-electron chi connectivity index (χ3n) is 4.27. The Morgan fingerprint density at radius 1 is 1.29 bits per heavy atom. The van der Waals surface area contributed by atoms with Gasteiger partial charge in [0.25, 0.3) is 5.91 Å². The smallest absolute Gasteiger partial charge is 0.306 e. The van der Waals surface area contributed by atoms with Gasteiger partial charge in [0.2, 0.25) is 5.91 Å². The second-order valence-corrected chi connectivity index (χ2v) is 6.14. The molecular weight excluding hydrogens is 315 g/mol. The molecule has 0 atom stereocenters. The maximum Gasteiger partial charge on any atom is 0.306 e. The molecule has 1 N–H and O–H groups in total. The van der Waals surface area contributed by atoms with E-state index >= 15 is 0 Å². The molecule has 1 aromatic carbocycles. The highest BCUT2D eigenvalue weighted by Crippen LogP contribution is 2.18. The third-order valence-corrected chi connectivity index (χ3v) is 4.27. The molecule has 0 aromatic heterocycles. The fourth-order valence-electron chi connectivity index (χ4n) is 2.76. The lowest BCUT2D eigenvalue weighted by Gasteiger charge is -2.31. The Morgan fingerprint density at radius 3 is 2.50 bits per heavy atom. The van der Waals surface area contributed by atoms with Gasteiger partial charge in [-0.1, -0.05) is 11.6 Å². The lowest BCUT2D eigenvalue weighted by molar-refractivity contribution is -0.145. The lowest BCUT2D eigenvalue weighted by atomic mass is 9.97. The number of rotatable bonds is 4. The van der Waals surface area contributed by atoms with E-state index in [9.17, 15) is 18.8 Å². The van der Waals surface area contributed by atoms with Crippen LogP contribution in [0.5, 0.6) is 0 Å². The number of carboxylic acids is 1. The molecule has 1 aliphatic rings. The highest BCUT2D eigenvalue weighted by Gasteiger charge is 2.28. The number of aryl methyl sites for hydroxylation is 1. The number of benzene rings is 1. The molecule has 0 spiro atoms. The van der Waals surface area contributed by atoms with Gasteiger partial charge in [-0.2, -0.15) is 0 Å². The summed E-state index contributed by atoms with van der Waals surface area (Å²) >= 11 is 0. The van der Waals surface area contributed by atoms with Crippen molar-refractivity contribution in [2.75, 3.05) is 26.7 Å². The molecule has 2 rings (SSSR count). The van der Waals surface area contributed by atoms with E-state index in [4.69, 9.17) is 5.11 Å². The fraction of sp³-hybridized carbons (Fsp3) is 0.471. The Morgan fingerprint density at radius 2 is 1.92 bits per heavy atom. The molecular formula is C17H21FN2O4. The van der Waals surface area contributed by atoms with Crippen molar-refractivity contribution in [1.82, 2.24) is 9.80 Å². The van der Waals surface area contributed by atoms with Crippen LogP contribution in [-0.2, 0) is 9.59 Å². The molecule has 0 radical (unpaired) electrons. The Bertz CT molecular complexity index is 654. The molecule has 130 valence electrons. The van der Waals surface area contributed by atoms with Crippen LogP contribution in [0.1, 0.15) is 28.8 Å². The summed E-state index contributed by atoms with van der Waals surface area (Å²) in [6, 6.07) is 4.26. The van der Waals surface area contributed by atoms with Crippen molar-refractivity contribution in [3.05, 3.63) is 35.1 Å². The van der Waals surface area contributed by atoms with Gasteiger partial charge in [-0.15, -0.1) is 0 Å². The zero-order chi connectivity index (χ0) is 17.9. The predicted octanol–water partition coefficient (Wildman–Crippen LogP) is 1.53. The fourth-order valence-corrected chi connectivity index (χ4v) is 2.76. The van der Waals surface area contributed by atoms with E-state index in [0.29, 0.717) is 25.9 Å². The van der Waals surface area contributed by atoms with E-state index < -0.39 is 23.6 Å². The average molecular weight is 336 g/mol. The van der Waals surface area contributed by atoms with Crippen molar-refractivity contribution >= 4 is 17.8 Å². The first-order valence-corrected chi connectivity index (χ1v) is 7.81. The number of likely N-dealkylation sites (tertiary alicyclic amines) is 1. The predicted molar refractivity (Wildman–Crippen MR) is 85.0 cm³/mol. The number of halogens is 1. The van der Waals surface area contributed by atoms with E-state index in [2.05, 4.69) is 0 Å². The summed E-state index contributed by atoms with van der Waals surface area (Å²) in [5.41, 5.74) is 0.699. The minimum absolute atomic E-state index is 0.0603. The molecule has 1 fully saturated rings. The van der Waals surface area contributed by atoms with Crippen molar-refractivity contribution < 1.29 is 23.9 Å². The first-order chi connectivity index (χ1) is 11.3. The highest BCUT2D eigenvalue weighted by molar-refractivity contribution is 5.96. The second-order valence-electron chi connectivity index (χ2n) is 6.14. The third kappa shape index (κ3) is 4.10. The number of likely N-dealkylation sites (N-methyl/N-ethyl adjacent to an activating group) is 1.